The predicted molar refractivity (Wildman–Crippen MR) is 79.6 cm³/mol. The molecule has 112 valence electrons. The standard InChI is InChI=1S/C15H31N3O/c1-4-16-11-15(6-9-19-13-15)12-18-8-5-7-17(3)10-14(18)2/h14,16H,4-13H2,1-3H3. The first-order valence-electron chi connectivity index (χ1n) is 7.86. The lowest BCUT2D eigenvalue weighted by Crippen LogP contribution is -2.48. The lowest BCUT2D eigenvalue weighted by molar-refractivity contribution is 0.0900. The molecule has 2 heterocycles. The topological polar surface area (TPSA) is 27.7 Å². The van der Waals surface area contributed by atoms with Crippen molar-refractivity contribution in [2.24, 2.45) is 5.41 Å². The molecule has 2 rings (SSSR count). The van der Waals surface area contributed by atoms with E-state index < -0.39 is 0 Å². The van der Waals surface area contributed by atoms with Crippen LogP contribution in [0.3, 0.4) is 0 Å². The molecule has 2 atom stereocenters. The number of rotatable bonds is 5. The van der Waals surface area contributed by atoms with E-state index in [-0.39, 0.29) is 0 Å². The van der Waals surface area contributed by atoms with Crippen LogP contribution in [0.5, 0.6) is 0 Å². The molecule has 0 saturated carbocycles. The van der Waals surface area contributed by atoms with Gasteiger partial charge in [0.1, 0.15) is 0 Å². The third-order valence-corrected chi connectivity index (χ3v) is 4.66. The van der Waals surface area contributed by atoms with E-state index in [0.29, 0.717) is 11.5 Å². The van der Waals surface area contributed by atoms with Crippen LogP contribution in [0.2, 0.25) is 0 Å². The normalized spacial score (nSPS) is 34.6. The fourth-order valence-corrected chi connectivity index (χ4v) is 3.45. The number of hydrogen-bond acceptors (Lipinski definition) is 4. The molecule has 0 amide bonds. The van der Waals surface area contributed by atoms with Gasteiger partial charge in [-0.15, -0.1) is 0 Å². The highest BCUT2D eigenvalue weighted by atomic mass is 16.5. The van der Waals surface area contributed by atoms with Crippen LogP contribution >= 0.6 is 0 Å². The van der Waals surface area contributed by atoms with E-state index in [9.17, 15) is 0 Å². The van der Waals surface area contributed by atoms with Gasteiger partial charge in [-0.05, 0) is 46.4 Å². The van der Waals surface area contributed by atoms with Gasteiger partial charge in [0.25, 0.3) is 0 Å². The molecule has 4 nitrogen and oxygen atoms in total. The Hall–Kier alpha value is -0.160. The average Bonchev–Trinajstić information content (AvgIpc) is 2.78. The van der Waals surface area contributed by atoms with Crippen molar-refractivity contribution in [1.29, 1.82) is 0 Å². The van der Waals surface area contributed by atoms with E-state index in [0.717, 1.165) is 26.3 Å². The van der Waals surface area contributed by atoms with E-state index in [1.807, 2.05) is 0 Å². The molecule has 2 saturated heterocycles. The Morgan fingerprint density at radius 3 is 2.89 bits per heavy atom. The quantitative estimate of drug-likeness (QED) is 0.807. The summed E-state index contributed by atoms with van der Waals surface area (Å²) in [6, 6.07) is 0.659. The molecule has 0 radical (unpaired) electrons. The van der Waals surface area contributed by atoms with Crippen molar-refractivity contribution < 1.29 is 4.74 Å². The van der Waals surface area contributed by atoms with Gasteiger partial charge in [0.15, 0.2) is 0 Å². The molecule has 2 fully saturated rings. The van der Waals surface area contributed by atoms with Gasteiger partial charge in [0.2, 0.25) is 0 Å². The summed E-state index contributed by atoms with van der Waals surface area (Å²) < 4.78 is 5.71. The third-order valence-electron chi connectivity index (χ3n) is 4.66. The minimum absolute atomic E-state index is 0.340. The van der Waals surface area contributed by atoms with Crippen LogP contribution in [0, 0.1) is 5.41 Å². The largest absolute Gasteiger partial charge is 0.381 e. The average molecular weight is 269 g/mol. The number of nitrogens with zero attached hydrogens (tertiary/aromatic N) is 2. The molecular weight excluding hydrogens is 238 g/mol. The molecule has 0 bridgehead atoms. The Kier molecular flexibility index (Phi) is 5.63. The van der Waals surface area contributed by atoms with Crippen LogP contribution in [-0.2, 0) is 4.74 Å². The SMILES string of the molecule is CCNCC1(CN2CCCN(C)CC2C)CCOC1. The smallest absolute Gasteiger partial charge is 0.0547 e. The molecular formula is C15H31N3O. The first-order chi connectivity index (χ1) is 9.15. The van der Waals surface area contributed by atoms with Crippen molar-refractivity contribution in [2.45, 2.75) is 32.7 Å². The zero-order valence-electron chi connectivity index (χ0n) is 13.0. The fourth-order valence-electron chi connectivity index (χ4n) is 3.45. The molecule has 0 aromatic heterocycles. The van der Waals surface area contributed by atoms with Gasteiger partial charge < -0.3 is 15.0 Å². The van der Waals surface area contributed by atoms with Crippen molar-refractivity contribution in [3.8, 4) is 0 Å². The Morgan fingerprint density at radius 2 is 2.21 bits per heavy atom. The van der Waals surface area contributed by atoms with Crippen LogP contribution < -0.4 is 5.32 Å². The van der Waals surface area contributed by atoms with Crippen molar-refractivity contribution in [1.82, 2.24) is 15.1 Å². The summed E-state index contributed by atoms with van der Waals surface area (Å²) in [7, 11) is 2.24. The third kappa shape index (κ3) is 4.15. The molecule has 19 heavy (non-hydrogen) atoms. The fraction of sp³-hybridized carbons (Fsp3) is 1.00. The maximum Gasteiger partial charge on any atom is 0.0547 e. The van der Waals surface area contributed by atoms with Gasteiger partial charge in [-0.25, -0.2) is 0 Å². The predicted octanol–water partition coefficient (Wildman–Crippen LogP) is 1.03. The molecule has 2 unspecified atom stereocenters. The second-order valence-electron chi connectivity index (χ2n) is 6.52. The van der Waals surface area contributed by atoms with Crippen LogP contribution in [0.15, 0.2) is 0 Å². The Morgan fingerprint density at radius 1 is 1.37 bits per heavy atom. The Balaban J connectivity index is 1.95. The molecule has 2 aliphatic rings. The highest BCUT2D eigenvalue weighted by molar-refractivity contribution is 4.90. The summed E-state index contributed by atoms with van der Waals surface area (Å²) >= 11 is 0. The highest BCUT2D eigenvalue weighted by Crippen LogP contribution is 2.30. The van der Waals surface area contributed by atoms with Crippen LogP contribution in [0.4, 0.5) is 0 Å². The first-order valence-corrected chi connectivity index (χ1v) is 7.86. The number of likely N-dealkylation sites (N-methyl/N-ethyl adjacent to an activating group) is 1. The van der Waals surface area contributed by atoms with Crippen LogP contribution in [-0.4, -0.2) is 75.4 Å². The molecule has 2 aliphatic heterocycles. The first kappa shape index (κ1) is 15.2. The van der Waals surface area contributed by atoms with E-state index in [4.69, 9.17) is 4.74 Å². The Labute approximate surface area is 118 Å². The zero-order chi connectivity index (χ0) is 13.7. The van der Waals surface area contributed by atoms with Gasteiger partial charge in [-0.1, -0.05) is 6.92 Å². The molecule has 0 spiro atoms. The number of hydrogen-bond donors (Lipinski definition) is 1. The minimum Gasteiger partial charge on any atom is -0.381 e. The molecule has 0 aliphatic carbocycles. The van der Waals surface area contributed by atoms with Crippen molar-refractivity contribution in [3.63, 3.8) is 0 Å². The van der Waals surface area contributed by atoms with Crippen molar-refractivity contribution in [2.75, 3.05) is 59.5 Å². The summed E-state index contributed by atoms with van der Waals surface area (Å²) in [5.74, 6) is 0. The van der Waals surface area contributed by atoms with Gasteiger partial charge in [-0.2, -0.15) is 0 Å². The van der Waals surface area contributed by atoms with Crippen molar-refractivity contribution in [3.05, 3.63) is 0 Å². The second-order valence-corrected chi connectivity index (χ2v) is 6.52. The summed E-state index contributed by atoms with van der Waals surface area (Å²) in [5, 5.41) is 3.54. The van der Waals surface area contributed by atoms with E-state index >= 15 is 0 Å². The monoisotopic (exact) mass is 269 g/mol. The highest BCUT2D eigenvalue weighted by Gasteiger charge is 2.37. The van der Waals surface area contributed by atoms with Crippen LogP contribution in [0.25, 0.3) is 0 Å². The number of ether oxygens (including phenoxy) is 1. The minimum atomic E-state index is 0.340. The maximum absolute atomic E-state index is 5.71. The lowest BCUT2D eigenvalue weighted by atomic mass is 9.86. The molecule has 0 aromatic carbocycles. The summed E-state index contributed by atoms with van der Waals surface area (Å²) in [6.45, 7) is 13.4. The summed E-state index contributed by atoms with van der Waals surface area (Å²) in [6.07, 6.45) is 2.50. The summed E-state index contributed by atoms with van der Waals surface area (Å²) in [4.78, 5) is 5.16. The van der Waals surface area contributed by atoms with E-state index in [1.54, 1.807) is 0 Å². The van der Waals surface area contributed by atoms with E-state index in [2.05, 4.69) is 36.0 Å². The zero-order valence-corrected chi connectivity index (χ0v) is 13.0. The van der Waals surface area contributed by atoms with Gasteiger partial charge >= 0.3 is 0 Å². The van der Waals surface area contributed by atoms with Gasteiger partial charge in [0.05, 0.1) is 6.61 Å². The number of nitrogens with one attached hydrogen (secondary N) is 1. The Bertz CT molecular complexity index is 266. The van der Waals surface area contributed by atoms with Gasteiger partial charge in [-0.3, -0.25) is 4.90 Å². The van der Waals surface area contributed by atoms with E-state index in [1.165, 1.54) is 39.0 Å². The van der Waals surface area contributed by atoms with Gasteiger partial charge in [0, 0.05) is 37.7 Å². The maximum atomic E-state index is 5.71. The lowest BCUT2D eigenvalue weighted by Gasteiger charge is -2.37. The van der Waals surface area contributed by atoms with Crippen molar-refractivity contribution >= 4 is 0 Å². The summed E-state index contributed by atoms with van der Waals surface area (Å²) in [5.41, 5.74) is 0.340. The molecule has 1 N–H and O–H groups in total. The second kappa shape index (κ2) is 7.02. The molecule has 4 heteroatoms. The van der Waals surface area contributed by atoms with Crippen LogP contribution in [0.1, 0.15) is 26.7 Å². The molecule has 0 aromatic rings.